The van der Waals surface area contributed by atoms with Gasteiger partial charge in [0, 0.05) is 16.6 Å². The molecule has 0 N–H and O–H groups in total. The molecule has 1 saturated carbocycles. The van der Waals surface area contributed by atoms with Gasteiger partial charge in [-0.25, -0.2) is 0 Å². The summed E-state index contributed by atoms with van der Waals surface area (Å²) in [6, 6.07) is 0.0755. The van der Waals surface area contributed by atoms with E-state index in [4.69, 9.17) is 0 Å². The summed E-state index contributed by atoms with van der Waals surface area (Å²) in [6.07, 6.45) is 7.57. The topological polar surface area (TPSA) is 60.4 Å². The zero-order valence-corrected chi connectivity index (χ0v) is 15.6. The van der Waals surface area contributed by atoms with Gasteiger partial charge in [0.15, 0.2) is 0 Å². The van der Waals surface area contributed by atoms with Crippen molar-refractivity contribution in [1.29, 1.82) is 0 Å². The van der Waals surface area contributed by atoms with Gasteiger partial charge in [0.2, 0.25) is 5.91 Å². The monoisotopic (exact) mass is 317 g/mol. The number of carbonyl (C=O) groups is 2. The van der Waals surface area contributed by atoms with E-state index in [9.17, 15) is 14.7 Å². The van der Waals surface area contributed by atoms with Crippen LogP contribution in [-0.4, -0.2) is 28.1 Å². The Bertz CT molecular complexity index is 474. The predicted octanol–water partition coefficient (Wildman–Crippen LogP) is -1.34. The zero-order valence-electron chi connectivity index (χ0n) is 12.8. The molecule has 2 aliphatic heterocycles. The van der Waals surface area contributed by atoms with E-state index < -0.39 is 5.97 Å². The van der Waals surface area contributed by atoms with E-state index in [1.807, 2.05) is 6.92 Å². The number of hydrogen-bond acceptors (Lipinski definition) is 4. The summed E-state index contributed by atoms with van der Waals surface area (Å²) in [5, 5.41) is 11.9. The minimum Gasteiger partial charge on any atom is -0.543 e. The van der Waals surface area contributed by atoms with Gasteiger partial charge >= 0.3 is 29.6 Å². The molecular weight excluding hydrogens is 297 g/mol. The molecule has 0 bridgehead atoms. The molecule has 2 heterocycles. The van der Waals surface area contributed by atoms with Gasteiger partial charge in [0.1, 0.15) is 0 Å². The van der Waals surface area contributed by atoms with E-state index in [2.05, 4.69) is 0 Å². The summed E-state index contributed by atoms with van der Waals surface area (Å²) >= 11 is 1.69. The smallest absolute Gasteiger partial charge is 0.543 e. The molecule has 21 heavy (non-hydrogen) atoms. The Labute approximate surface area is 152 Å². The fraction of sp³-hybridized carbons (Fsp3) is 0.733. The van der Waals surface area contributed by atoms with Crippen molar-refractivity contribution in [3.05, 3.63) is 10.6 Å². The van der Waals surface area contributed by atoms with Gasteiger partial charge in [-0.1, -0.05) is 26.2 Å². The van der Waals surface area contributed by atoms with Crippen LogP contribution in [0.1, 0.15) is 51.9 Å². The van der Waals surface area contributed by atoms with Crippen LogP contribution in [0.2, 0.25) is 0 Å². The molecule has 110 valence electrons. The first-order valence-electron chi connectivity index (χ1n) is 7.57. The molecular formula is C15H20NNaO3S. The van der Waals surface area contributed by atoms with Gasteiger partial charge in [0.05, 0.1) is 23.6 Å². The van der Waals surface area contributed by atoms with Crippen LogP contribution in [0, 0.1) is 5.92 Å². The molecule has 6 heteroatoms. The summed E-state index contributed by atoms with van der Waals surface area (Å²) in [6.45, 7) is 1.99. The summed E-state index contributed by atoms with van der Waals surface area (Å²) < 4.78 is 0. The molecule has 0 aromatic heterocycles. The molecule has 3 rings (SSSR count). The van der Waals surface area contributed by atoms with Crippen LogP contribution >= 0.6 is 11.8 Å². The van der Waals surface area contributed by atoms with E-state index in [1.54, 1.807) is 11.8 Å². The van der Waals surface area contributed by atoms with E-state index in [1.165, 1.54) is 24.2 Å². The predicted molar refractivity (Wildman–Crippen MR) is 75.5 cm³/mol. The normalized spacial score (nSPS) is 29.0. The minimum atomic E-state index is -1.19. The first kappa shape index (κ1) is 17.4. The van der Waals surface area contributed by atoms with Gasteiger partial charge in [0.25, 0.3) is 0 Å². The van der Waals surface area contributed by atoms with Crippen LogP contribution in [0.25, 0.3) is 0 Å². The van der Waals surface area contributed by atoms with E-state index >= 15 is 0 Å². The van der Waals surface area contributed by atoms with Gasteiger partial charge in [-0.05, 0) is 19.3 Å². The Kier molecular flexibility index (Phi) is 5.85. The van der Waals surface area contributed by atoms with Crippen molar-refractivity contribution in [3.8, 4) is 0 Å². The van der Waals surface area contributed by atoms with Crippen LogP contribution in [0.15, 0.2) is 10.6 Å². The number of aliphatic carboxylic acids is 1. The second-order valence-corrected chi connectivity index (χ2v) is 7.33. The summed E-state index contributed by atoms with van der Waals surface area (Å²) in [7, 11) is 0. The molecule has 0 radical (unpaired) electrons. The number of carboxylic acid groups (broad SMARTS) is 1. The molecule has 4 nitrogen and oxygen atoms in total. The number of thioether (sulfide) groups is 1. The number of rotatable bonds is 4. The quantitative estimate of drug-likeness (QED) is 0.476. The number of amides is 1. The fourth-order valence-corrected chi connectivity index (χ4v) is 5.21. The van der Waals surface area contributed by atoms with Gasteiger partial charge in [-0.3, -0.25) is 4.79 Å². The molecule has 3 aliphatic rings. The summed E-state index contributed by atoms with van der Waals surface area (Å²) in [5.74, 6) is -1.21. The van der Waals surface area contributed by atoms with E-state index in [0.717, 1.165) is 24.2 Å². The molecule has 0 aromatic rings. The maximum Gasteiger partial charge on any atom is 1.00 e. The maximum atomic E-state index is 12.0. The third kappa shape index (κ3) is 3.07. The van der Waals surface area contributed by atoms with Gasteiger partial charge in [-0.15, -0.1) is 11.8 Å². The zero-order chi connectivity index (χ0) is 14.3. The molecule has 1 aliphatic carbocycles. The van der Waals surface area contributed by atoms with Crippen molar-refractivity contribution in [1.82, 2.24) is 4.90 Å². The molecule has 1 saturated heterocycles. The molecule has 2 atom stereocenters. The third-order valence-corrected chi connectivity index (χ3v) is 6.19. The number of fused-ring (bicyclic) bond motifs is 1. The van der Waals surface area contributed by atoms with Crippen LogP contribution in [0.5, 0.6) is 0 Å². The summed E-state index contributed by atoms with van der Waals surface area (Å²) in [4.78, 5) is 25.8. The first-order valence-corrected chi connectivity index (χ1v) is 8.45. The Morgan fingerprint density at radius 3 is 2.57 bits per heavy atom. The standard InChI is InChI=1S/C15H21NO3S.Na/c1-2-10-11-8-12(20-9-6-4-3-5-7-9)13(15(18)19)16(11)14(10)17;/h9-11H,2-8H2,1H3,(H,18,19);/q;+1/p-1. The Morgan fingerprint density at radius 2 is 2.00 bits per heavy atom. The summed E-state index contributed by atoms with van der Waals surface area (Å²) in [5.41, 5.74) is 0.167. The van der Waals surface area contributed by atoms with Crippen molar-refractivity contribution in [2.75, 3.05) is 0 Å². The van der Waals surface area contributed by atoms with Crippen LogP contribution in [-0.2, 0) is 9.59 Å². The number of β-lactam (4-membered cyclic amide) rings is 1. The Hall–Kier alpha value is 0.0300. The average molecular weight is 317 g/mol. The van der Waals surface area contributed by atoms with Gasteiger partial charge < -0.3 is 14.8 Å². The number of nitrogens with zero attached hydrogens (tertiary/aromatic N) is 1. The average Bonchev–Trinajstić information content (AvgIpc) is 2.76. The number of carbonyl (C=O) groups excluding carboxylic acids is 2. The maximum absolute atomic E-state index is 12.0. The second kappa shape index (κ2) is 7.07. The fourth-order valence-electron chi connectivity index (χ4n) is 3.68. The van der Waals surface area contributed by atoms with Crippen molar-refractivity contribution >= 4 is 23.6 Å². The molecule has 1 amide bonds. The van der Waals surface area contributed by atoms with E-state index in [0.29, 0.717) is 11.7 Å². The van der Waals surface area contributed by atoms with E-state index in [-0.39, 0.29) is 53.1 Å². The Balaban J connectivity index is 0.00000161. The molecule has 2 unspecified atom stereocenters. The van der Waals surface area contributed by atoms with Crippen molar-refractivity contribution in [2.45, 2.75) is 63.2 Å². The SMILES string of the molecule is CCC1C(=O)N2C(C(=O)[O-])=C(SC3CCCCC3)CC12.[Na+]. The van der Waals surface area contributed by atoms with Crippen molar-refractivity contribution in [3.63, 3.8) is 0 Å². The minimum absolute atomic E-state index is 0. The second-order valence-electron chi connectivity index (χ2n) is 5.93. The molecule has 0 aromatic carbocycles. The Morgan fingerprint density at radius 1 is 1.33 bits per heavy atom. The van der Waals surface area contributed by atoms with Crippen LogP contribution < -0.4 is 34.7 Å². The van der Waals surface area contributed by atoms with Crippen LogP contribution in [0.4, 0.5) is 0 Å². The van der Waals surface area contributed by atoms with Crippen LogP contribution in [0.3, 0.4) is 0 Å². The number of carboxylic acids is 1. The van der Waals surface area contributed by atoms with Gasteiger partial charge in [-0.2, -0.15) is 0 Å². The number of hydrogen-bond donors (Lipinski definition) is 0. The largest absolute Gasteiger partial charge is 1.00 e. The first-order chi connectivity index (χ1) is 9.63. The van der Waals surface area contributed by atoms with Crippen molar-refractivity contribution in [2.24, 2.45) is 5.92 Å². The molecule has 0 spiro atoms. The molecule has 2 fully saturated rings. The third-order valence-electron chi connectivity index (χ3n) is 4.74. The van der Waals surface area contributed by atoms with Crippen molar-refractivity contribution < 1.29 is 44.3 Å².